The highest BCUT2D eigenvalue weighted by Gasteiger charge is 2.05. The molecule has 1 aromatic heterocycles. The van der Waals surface area contributed by atoms with Crippen molar-refractivity contribution >= 4 is 5.69 Å². The molecular formula is C7H14N3+. The molecule has 3 nitrogen and oxygen atoms in total. The van der Waals surface area contributed by atoms with Gasteiger partial charge < -0.3 is 4.90 Å². The van der Waals surface area contributed by atoms with E-state index in [9.17, 15) is 0 Å². The fourth-order valence-corrected chi connectivity index (χ4v) is 0.829. The molecule has 1 rings (SSSR count). The number of hydrogen-bond acceptors (Lipinski definition) is 1. The highest BCUT2D eigenvalue weighted by Crippen LogP contribution is 2.04. The van der Waals surface area contributed by atoms with Gasteiger partial charge in [0.15, 0.2) is 7.05 Å². The zero-order valence-electron chi connectivity index (χ0n) is 7.00. The average Bonchev–Trinajstić information content (AvgIpc) is 2.13. The Morgan fingerprint density at radius 3 is 2.30 bits per heavy atom. The number of aromatic nitrogens is 2. The van der Waals surface area contributed by atoms with Gasteiger partial charge in [-0.25, -0.2) is 0 Å². The molecule has 56 valence electrons. The zero-order valence-corrected chi connectivity index (χ0v) is 7.00. The van der Waals surface area contributed by atoms with Crippen LogP contribution in [0.15, 0.2) is 12.4 Å². The predicted octanol–water partition coefficient (Wildman–Crippen LogP) is -0.0844. The van der Waals surface area contributed by atoms with Crippen LogP contribution < -0.4 is 9.58 Å². The van der Waals surface area contributed by atoms with Crippen LogP contribution in [0.5, 0.6) is 0 Å². The Morgan fingerprint density at radius 2 is 2.10 bits per heavy atom. The molecule has 0 aliphatic heterocycles. The molecule has 0 amide bonds. The lowest BCUT2D eigenvalue weighted by molar-refractivity contribution is -0.750. The van der Waals surface area contributed by atoms with Gasteiger partial charge >= 0.3 is 0 Å². The van der Waals surface area contributed by atoms with Gasteiger partial charge in [-0.2, -0.15) is 4.68 Å². The quantitative estimate of drug-likeness (QED) is 0.497. The van der Waals surface area contributed by atoms with Crippen LogP contribution in [-0.2, 0) is 14.1 Å². The van der Waals surface area contributed by atoms with E-state index >= 15 is 0 Å². The SMILES string of the molecule is CN(C)c1cn(C)[n+](C)c1. The highest BCUT2D eigenvalue weighted by atomic mass is 15.4. The average molecular weight is 140 g/mol. The third-order valence-corrected chi connectivity index (χ3v) is 1.65. The Hall–Kier alpha value is -0.990. The van der Waals surface area contributed by atoms with E-state index < -0.39 is 0 Å². The Morgan fingerprint density at radius 1 is 1.50 bits per heavy atom. The Labute approximate surface area is 61.5 Å². The maximum absolute atomic E-state index is 2.08. The first-order chi connectivity index (χ1) is 4.61. The van der Waals surface area contributed by atoms with E-state index in [-0.39, 0.29) is 0 Å². The van der Waals surface area contributed by atoms with Crippen LogP contribution in [0.1, 0.15) is 0 Å². The molecule has 0 saturated carbocycles. The van der Waals surface area contributed by atoms with Crippen LogP contribution in [-0.4, -0.2) is 18.8 Å². The van der Waals surface area contributed by atoms with Gasteiger partial charge in [-0.3, -0.25) is 0 Å². The lowest BCUT2D eigenvalue weighted by Crippen LogP contribution is -2.35. The molecule has 0 fully saturated rings. The molecule has 1 aromatic rings. The molecule has 3 heteroatoms. The van der Waals surface area contributed by atoms with Crippen molar-refractivity contribution in [3.8, 4) is 0 Å². The van der Waals surface area contributed by atoms with Gasteiger partial charge in [0.05, 0.1) is 13.2 Å². The second kappa shape index (κ2) is 2.33. The third-order valence-electron chi connectivity index (χ3n) is 1.65. The Bertz CT molecular complexity index is 205. The molecule has 0 saturated heterocycles. The highest BCUT2D eigenvalue weighted by molar-refractivity contribution is 5.37. The topological polar surface area (TPSA) is 12.1 Å². The van der Waals surface area contributed by atoms with Gasteiger partial charge in [0.1, 0.15) is 5.69 Å². The summed E-state index contributed by atoms with van der Waals surface area (Å²) in [6.45, 7) is 0. The lowest BCUT2D eigenvalue weighted by Gasteiger charge is -2.04. The van der Waals surface area contributed by atoms with Crippen molar-refractivity contribution in [1.82, 2.24) is 4.68 Å². The minimum Gasteiger partial charge on any atom is -0.371 e. The summed E-state index contributed by atoms with van der Waals surface area (Å²) in [4.78, 5) is 2.08. The maximum atomic E-state index is 2.08. The maximum Gasteiger partial charge on any atom is 0.218 e. The van der Waals surface area contributed by atoms with E-state index in [1.54, 1.807) is 0 Å². The first-order valence-electron chi connectivity index (χ1n) is 3.31. The van der Waals surface area contributed by atoms with Gasteiger partial charge in [-0.15, -0.1) is 4.68 Å². The minimum atomic E-state index is 1.23. The van der Waals surface area contributed by atoms with Crippen molar-refractivity contribution in [2.24, 2.45) is 14.1 Å². The first kappa shape index (κ1) is 7.12. The van der Waals surface area contributed by atoms with Crippen LogP contribution in [0.2, 0.25) is 0 Å². The van der Waals surface area contributed by atoms with Crippen LogP contribution >= 0.6 is 0 Å². The summed E-state index contributed by atoms with van der Waals surface area (Å²) in [7, 11) is 8.12. The molecule has 10 heavy (non-hydrogen) atoms. The predicted molar refractivity (Wildman–Crippen MR) is 40.9 cm³/mol. The summed E-state index contributed by atoms with van der Waals surface area (Å²) in [5.74, 6) is 0. The van der Waals surface area contributed by atoms with E-state index in [4.69, 9.17) is 0 Å². The molecule has 0 radical (unpaired) electrons. The van der Waals surface area contributed by atoms with Crippen molar-refractivity contribution < 1.29 is 4.68 Å². The van der Waals surface area contributed by atoms with Gasteiger partial charge in [-0.05, 0) is 0 Å². The van der Waals surface area contributed by atoms with Crippen LogP contribution in [0, 0.1) is 0 Å². The molecule has 0 N–H and O–H groups in total. The lowest BCUT2D eigenvalue weighted by atomic mass is 10.5. The van der Waals surface area contributed by atoms with Crippen LogP contribution in [0.3, 0.4) is 0 Å². The Balaban J connectivity index is 2.98. The van der Waals surface area contributed by atoms with E-state index in [0.29, 0.717) is 0 Å². The molecule has 0 unspecified atom stereocenters. The van der Waals surface area contributed by atoms with Gasteiger partial charge in [0.2, 0.25) is 6.20 Å². The summed E-state index contributed by atoms with van der Waals surface area (Å²) in [6, 6.07) is 0. The molecule has 0 aliphatic carbocycles. The van der Waals surface area contributed by atoms with Crippen molar-refractivity contribution in [3.63, 3.8) is 0 Å². The fraction of sp³-hybridized carbons (Fsp3) is 0.571. The fourth-order valence-electron chi connectivity index (χ4n) is 0.829. The second-order valence-electron chi connectivity index (χ2n) is 2.72. The van der Waals surface area contributed by atoms with E-state index in [1.807, 2.05) is 37.6 Å². The third kappa shape index (κ3) is 1.12. The number of hydrogen-bond donors (Lipinski definition) is 0. The van der Waals surface area contributed by atoms with Crippen molar-refractivity contribution in [2.45, 2.75) is 0 Å². The monoisotopic (exact) mass is 140 g/mol. The molecule has 0 atom stereocenters. The number of rotatable bonds is 1. The number of aryl methyl sites for hydroxylation is 2. The summed E-state index contributed by atoms with van der Waals surface area (Å²) in [5, 5.41) is 0. The van der Waals surface area contributed by atoms with Crippen LogP contribution in [0.25, 0.3) is 0 Å². The van der Waals surface area contributed by atoms with E-state index in [2.05, 4.69) is 17.3 Å². The van der Waals surface area contributed by atoms with Gasteiger partial charge in [-0.1, -0.05) is 0 Å². The number of anilines is 1. The molecule has 0 spiro atoms. The molecule has 0 aromatic carbocycles. The normalized spacial score (nSPS) is 10.0. The summed E-state index contributed by atoms with van der Waals surface area (Å²) in [5.41, 5.74) is 1.23. The van der Waals surface area contributed by atoms with E-state index in [0.717, 1.165) is 0 Å². The summed E-state index contributed by atoms with van der Waals surface area (Å²) < 4.78 is 4.07. The molecule has 1 heterocycles. The van der Waals surface area contributed by atoms with E-state index in [1.165, 1.54) is 5.69 Å². The first-order valence-corrected chi connectivity index (χ1v) is 3.31. The zero-order chi connectivity index (χ0) is 7.72. The summed E-state index contributed by atoms with van der Waals surface area (Å²) in [6.07, 6.45) is 4.17. The van der Waals surface area contributed by atoms with Gasteiger partial charge in [0, 0.05) is 14.1 Å². The van der Waals surface area contributed by atoms with Crippen LogP contribution in [0.4, 0.5) is 5.69 Å². The largest absolute Gasteiger partial charge is 0.371 e. The molecular weight excluding hydrogens is 126 g/mol. The molecule has 0 bridgehead atoms. The van der Waals surface area contributed by atoms with Crippen molar-refractivity contribution in [1.29, 1.82) is 0 Å². The van der Waals surface area contributed by atoms with Crippen molar-refractivity contribution in [2.75, 3.05) is 19.0 Å². The number of nitrogens with zero attached hydrogens (tertiary/aromatic N) is 3. The van der Waals surface area contributed by atoms with Gasteiger partial charge in [0.25, 0.3) is 0 Å². The van der Waals surface area contributed by atoms with Crippen molar-refractivity contribution in [3.05, 3.63) is 12.4 Å². The molecule has 0 aliphatic rings. The Kier molecular flexibility index (Phi) is 1.66. The minimum absolute atomic E-state index is 1.23. The standard InChI is InChI=1S/C7H14N3/c1-8(2)7-5-9(3)10(4)6-7/h5-6H,1-4H3/q+1. The second-order valence-corrected chi connectivity index (χ2v) is 2.72. The summed E-state index contributed by atoms with van der Waals surface area (Å²) >= 11 is 0. The smallest absolute Gasteiger partial charge is 0.218 e.